The van der Waals surface area contributed by atoms with Crippen LogP contribution in [0.1, 0.15) is 32.1 Å². The first-order valence-electron chi connectivity index (χ1n) is 6.83. The molecule has 0 aromatic heterocycles. The van der Waals surface area contributed by atoms with Crippen molar-refractivity contribution in [3.8, 4) is 0 Å². The molecule has 1 aliphatic heterocycles. The summed E-state index contributed by atoms with van der Waals surface area (Å²) in [6.45, 7) is 2.00. The molecule has 2 N–H and O–H groups in total. The zero-order valence-corrected chi connectivity index (χ0v) is 10.7. The third kappa shape index (κ3) is 2.80. The number of likely N-dealkylation sites (N-methyl/N-ethyl adjacent to an activating group) is 1. The fourth-order valence-corrected chi connectivity index (χ4v) is 3.24. The second-order valence-corrected chi connectivity index (χ2v) is 5.40. The summed E-state index contributed by atoms with van der Waals surface area (Å²) in [7, 11) is 1.85. The molecular formula is C13H24N2O2. The van der Waals surface area contributed by atoms with E-state index in [-0.39, 0.29) is 18.6 Å². The van der Waals surface area contributed by atoms with Crippen LogP contribution in [-0.2, 0) is 4.79 Å². The molecule has 1 amide bonds. The minimum absolute atomic E-state index is 0.0196. The van der Waals surface area contributed by atoms with Gasteiger partial charge in [-0.3, -0.25) is 4.79 Å². The van der Waals surface area contributed by atoms with E-state index in [2.05, 4.69) is 5.32 Å². The first-order valence-corrected chi connectivity index (χ1v) is 6.83. The fourth-order valence-electron chi connectivity index (χ4n) is 3.24. The lowest BCUT2D eigenvalue weighted by Gasteiger charge is -2.33. The van der Waals surface area contributed by atoms with Crippen molar-refractivity contribution >= 4 is 5.91 Å². The Balaban J connectivity index is 1.89. The minimum atomic E-state index is 0.0196. The summed E-state index contributed by atoms with van der Waals surface area (Å²) in [5.41, 5.74) is 0. The molecule has 1 saturated carbocycles. The topological polar surface area (TPSA) is 52.6 Å². The maximum Gasteiger partial charge on any atom is 0.239 e. The van der Waals surface area contributed by atoms with Crippen LogP contribution in [0.2, 0.25) is 0 Å². The van der Waals surface area contributed by atoms with Crippen molar-refractivity contribution in [1.82, 2.24) is 10.2 Å². The van der Waals surface area contributed by atoms with Gasteiger partial charge in [0.05, 0.1) is 6.04 Å². The molecule has 0 aromatic rings. The Morgan fingerprint density at radius 2 is 2.00 bits per heavy atom. The van der Waals surface area contributed by atoms with Crippen molar-refractivity contribution in [3.05, 3.63) is 0 Å². The molecule has 4 heteroatoms. The molecule has 4 nitrogen and oxygen atoms in total. The van der Waals surface area contributed by atoms with Crippen molar-refractivity contribution in [2.24, 2.45) is 11.8 Å². The predicted octanol–water partition coefficient (Wildman–Crippen LogP) is 0.605. The van der Waals surface area contributed by atoms with Crippen LogP contribution in [0.5, 0.6) is 0 Å². The van der Waals surface area contributed by atoms with Gasteiger partial charge in [-0.2, -0.15) is 0 Å². The Morgan fingerprint density at radius 1 is 1.29 bits per heavy atom. The average Bonchev–Trinajstić information content (AvgIpc) is 2.71. The molecule has 0 bridgehead atoms. The second kappa shape index (κ2) is 5.83. The lowest BCUT2D eigenvalue weighted by molar-refractivity contribution is -0.130. The predicted molar refractivity (Wildman–Crippen MR) is 66.6 cm³/mol. The van der Waals surface area contributed by atoms with Gasteiger partial charge in [0, 0.05) is 19.7 Å². The van der Waals surface area contributed by atoms with Crippen molar-refractivity contribution in [2.45, 2.75) is 38.1 Å². The number of aliphatic hydroxyl groups is 1. The maximum atomic E-state index is 12.0. The van der Waals surface area contributed by atoms with Crippen LogP contribution in [-0.4, -0.2) is 48.7 Å². The Labute approximate surface area is 103 Å². The van der Waals surface area contributed by atoms with Crippen molar-refractivity contribution in [2.75, 3.05) is 26.7 Å². The van der Waals surface area contributed by atoms with Gasteiger partial charge in [-0.15, -0.1) is 0 Å². The molecule has 0 spiro atoms. The quantitative estimate of drug-likeness (QED) is 0.757. The smallest absolute Gasteiger partial charge is 0.239 e. The first kappa shape index (κ1) is 12.8. The van der Waals surface area contributed by atoms with E-state index in [1.807, 2.05) is 11.9 Å². The Kier molecular flexibility index (Phi) is 4.40. The highest BCUT2D eigenvalue weighted by atomic mass is 16.3. The summed E-state index contributed by atoms with van der Waals surface area (Å²) < 4.78 is 0. The van der Waals surface area contributed by atoms with Gasteiger partial charge in [0.25, 0.3) is 0 Å². The molecular weight excluding hydrogens is 216 g/mol. The Bertz CT molecular complexity index is 270. The molecule has 17 heavy (non-hydrogen) atoms. The second-order valence-electron chi connectivity index (χ2n) is 5.40. The van der Waals surface area contributed by atoms with E-state index in [9.17, 15) is 9.90 Å². The normalized spacial score (nSPS) is 34.4. The van der Waals surface area contributed by atoms with Crippen LogP contribution < -0.4 is 5.32 Å². The first-order chi connectivity index (χ1) is 8.26. The van der Waals surface area contributed by atoms with Crippen molar-refractivity contribution < 1.29 is 9.90 Å². The van der Waals surface area contributed by atoms with Gasteiger partial charge in [-0.1, -0.05) is 12.8 Å². The molecule has 1 saturated heterocycles. The fraction of sp³-hybridized carbons (Fsp3) is 0.923. The van der Waals surface area contributed by atoms with Crippen LogP contribution in [0, 0.1) is 11.8 Å². The lowest BCUT2D eigenvalue weighted by atomic mass is 9.79. The van der Waals surface area contributed by atoms with Crippen LogP contribution in [0.25, 0.3) is 0 Å². The molecule has 3 atom stereocenters. The van der Waals surface area contributed by atoms with Crippen LogP contribution in [0.4, 0.5) is 0 Å². The third-order valence-electron chi connectivity index (χ3n) is 4.40. The van der Waals surface area contributed by atoms with E-state index in [0.717, 1.165) is 25.9 Å². The number of nitrogens with zero attached hydrogens (tertiary/aromatic N) is 1. The van der Waals surface area contributed by atoms with Crippen LogP contribution in [0.3, 0.4) is 0 Å². The number of aliphatic hydroxyl groups excluding tert-OH is 1. The number of hydrogen-bond acceptors (Lipinski definition) is 3. The van der Waals surface area contributed by atoms with E-state index in [1.54, 1.807) is 0 Å². The van der Waals surface area contributed by atoms with Gasteiger partial charge >= 0.3 is 0 Å². The van der Waals surface area contributed by atoms with Crippen LogP contribution >= 0.6 is 0 Å². The van der Waals surface area contributed by atoms with Gasteiger partial charge in [-0.25, -0.2) is 0 Å². The number of likely N-dealkylation sites (tertiary alicyclic amines) is 1. The summed E-state index contributed by atoms with van der Waals surface area (Å²) in [6, 6.07) is 0.0196. The van der Waals surface area contributed by atoms with E-state index >= 15 is 0 Å². The van der Waals surface area contributed by atoms with E-state index in [0.29, 0.717) is 11.8 Å². The van der Waals surface area contributed by atoms with Gasteiger partial charge in [0.2, 0.25) is 5.91 Å². The van der Waals surface area contributed by atoms with Gasteiger partial charge in [0.1, 0.15) is 0 Å². The molecule has 1 aliphatic carbocycles. The molecule has 2 rings (SSSR count). The molecule has 2 aliphatic rings. The highest BCUT2D eigenvalue weighted by Gasteiger charge is 2.34. The minimum Gasteiger partial charge on any atom is -0.396 e. The third-order valence-corrected chi connectivity index (χ3v) is 4.40. The number of amides is 1. The summed E-state index contributed by atoms with van der Waals surface area (Å²) in [5.74, 6) is 1.16. The number of rotatable bonds is 4. The number of carbonyl (C=O) groups is 1. The monoisotopic (exact) mass is 240 g/mol. The van der Waals surface area contributed by atoms with Crippen LogP contribution in [0.15, 0.2) is 0 Å². The summed E-state index contributed by atoms with van der Waals surface area (Å²) in [4.78, 5) is 14.0. The molecule has 0 aromatic carbocycles. The summed E-state index contributed by atoms with van der Waals surface area (Å²) in [6.07, 6.45) is 5.69. The molecule has 1 heterocycles. The van der Waals surface area contributed by atoms with E-state index in [1.165, 1.54) is 19.3 Å². The van der Waals surface area contributed by atoms with Gasteiger partial charge < -0.3 is 15.3 Å². The standard InChI is InChI=1S/C13H24N2O2/c1-14-12-6-7-15(13(12)17)8-10-4-2-3-5-11(10)9-16/h10-12,14,16H,2-9H2,1H3. The summed E-state index contributed by atoms with van der Waals surface area (Å²) in [5, 5.41) is 12.4. The van der Waals surface area contributed by atoms with Crippen molar-refractivity contribution in [1.29, 1.82) is 0 Å². The van der Waals surface area contributed by atoms with Gasteiger partial charge in [0.15, 0.2) is 0 Å². The zero-order chi connectivity index (χ0) is 12.3. The highest BCUT2D eigenvalue weighted by Crippen LogP contribution is 2.31. The molecule has 2 fully saturated rings. The highest BCUT2D eigenvalue weighted by molar-refractivity contribution is 5.83. The van der Waals surface area contributed by atoms with Gasteiger partial charge in [-0.05, 0) is 38.1 Å². The Hall–Kier alpha value is -0.610. The Morgan fingerprint density at radius 3 is 2.59 bits per heavy atom. The zero-order valence-electron chi connectivity index (χ0n) is 10.7. The number of nitrogens with one attached hydrogen (secondary N) is 1. The largest absolute Gasteiger partial charge is 0.396 e. The summed E-state index contributed by atoms with van der Waals surface area (Å²) >= 11 is 0. The number of carbonyl (C=O) groups excluding carboxylic acids is 1. The van der Waals surface area contributed by atoms with E-state index < -0.39 is 0 Å². The maximum absolute atomic E-state index is 12.0. The SMILES string of the molecule is CNC1CCN(CC2CCCCC2CO)C1=O. The van der Waals surface area contributed by atoms with Crippen molar-refractivity contribution in [3.63, 3.8) is 0 Å². The molecule has 3 unspecified atom stereocenters. The molecule has 98 valence electrons. The number of hydrogen-bond donors (Lipinski definition) is 2. The lowest BCUT2D eigenvalue weighted by Crippen LogP contribution is -2.40. The molecule has 0 radical (unpaired) electrons. The van der Waals surface area contributed by atoms with E-state index in [4.69, 9.17) is 0 Å². The average molecular weight is 240 g/mol.